The van der Waals surface area contributed by atoms with Gasteiger partial charge in [0.05, 0.1) is 11.7 Å². The van der Waals surface area contributed by atoms with Crippen molar-refractivity contribution in [3.8, 4) is 11.8 Å². The van der Waals surface area contributed by atoms with Crippen LogP contribution in [0.15, 0.2) is 18.2 Å². The van der Waals surface area contributed by atoms with Crippen molar-refractivity contribution in [2.24, 2.45) is 0 Å². The zero-order valence-electron chi connectivity index (χ0n) is 11.4. The molecule has 0 aliphatic heterocycles. The predicted octanol–water partition coefficient (Wildman–Crippen LogP) is 1.37. The standard InChI is InChI=1S/C15H20FNO2/c1-12(19)7-8-17(2)11-13-5-6-15(16)14(10-13)4-3-9-18/h5-6,10,12,18-19H,7-9,11H2,1-2H3. The molecule has 0 aromatic heterocycles. The Morgan fingerprint density at radius 3 is 2.79 bits per heavy atom. The fraction of sp³-hybridized carbons (Fsp3) is 0.467. The fourth-order valence-electron chi connectivity index (χ4n) is 1.70. The molecule has 0 spiro atoms. The third-order valence-corrected chi connectivity index (χ3v) is 2.71. The minimum atomic E-state index is -0.378. The molecule has 0 radical (unpaired) electrons. The SMILES string of the molecule is CC(O)CCN(C)Cc1ccc(F)c(C#CCO)c1. The Morgan fingerprint density at radius 2 is 2.16 bits per heavy atom. The van der Waals surface area contributed by atoms with Gasteiger partial charge in [-0.25, -0.2) is 4.39 Å². The molecule has 0 saturated carbocycles. The monoisotopic (exact) mass is 265 g/mol. The molecule has 1 atom stereocenters. The molecule has 104 valence electrons. The van der Waals surface area contributed by atoms with Gasteiger partial charge in [-0.15, -0.1) is 0 Å². The van der Waals surface area contributed by atoms with E-state index in [1.54, 1.807) is 19.1 Å². The van der Waals surface area contributed by atoms with Gasteiger partial charge < -0.3 is 15.1 Å². The molecule has 0 saturated heterocycles. The largest absolute Gasteiger partial charge is 0.393 e. The lowest BCUT2D eigenvalue weighted by Crippen LogP contribution is -2.22. The second-order valence-electron chi connectivity index (χ2n) is 4.65. The van der Waals surface area contributed by atoms with Gasteiger partial charge in [0.25, 0.3) is 0 Å². The van der Waals surface area contributed by atoms with Crippen LogP contribution in [-0.2, 0) is 6.54 Å². The highest BCUT2D eigenvalue weighted by Gasteiger charge is 2.05. The first-order valence-corrected chi connectivity index (χ1v) is 6.27. The summed E-state index contributed by atoms with van der Waals surface area (Å²) in [6.07, 6.45) is 0.385. The van der Waals surface area contributed by atoms with Crippen molar-refractivity contribution in [2.45, 2.75) is 26.0 Å². The smallest absolute Gasteiger partial charge is 0.138 e. The van der Waals surface area contributed by atoms with Crippen molar-refractivity contribution >= 4 is 0 Å². The first kappa shape index (κ1) is 15.6. The highest BCUT2D eigenvalue weighted by Crippen LogP contribution is 2.11. The van der Waals surface area contributed by atoms with E-state index in [1.807, 2.05) is 7.05 Å². The predicted molar refractivity (Wildman–Crippen MR) is 73.0 cm³/mol. The van der Waals surface area contributed by atoms with Gasteiger partial charge in [0.1, 0.15) is 12.4 Å². The Morgan fingerprint density at radius 1 is 1.42 bits per heavy atom. The molecule has 0 aliphatic rings. The van der Waals surface area contributed by atoms with Gasteiger partial charge >= 0.3 is 0 Å². The van der Waals surface area contributed by atoms with Crippen LogP contribution in [0.25, 0.3) is 0 Å². The van der Waals surface area contributed by atoms with Gasteiger partial charge in [0.15, 0.2) is 0 Å². The topological polar surface area (TPSA) is 43.7 Å². The Bertz CT molecular complexity index is 463. The molecule has 1 unspecified atom stereocenters. The van der Waals surface area contributed by atoms with Gasteiger partial charge in [0.2, 0.25) is 0 Å². The van der Waals surface area contributed by atoms with Gasteiger partial charge in [-0.05, 0) is 38.1 Å². The van der Waals surface area contributed by atoms with Crippen molar-refractivity contribution in [3.05, 3.63) is 35.1 Å². The Hall–Kier alpha value is -1.41. The molecule has 0 heterocycles. The number of aliphatic hydroxyl groups is 2. The molecule has 19 heavy (non-hydrogen) atoms. The summed E-state index contributed by atoms with van der Waals surface area (Å²) in [6.45, 7) is 2.92. The number of rotatable bonds is 5. The second-order valence-corrected chi connectivity index (χ2v) is 4.65. The van der Waals surface area contributed by atoms with Gasteiger partial charge in [-0.3, -0.25) is 0 Å². The number of aliphatic hydroxyl groups excluding tert-OH is 2. The van der Waals surface area contributed by atoms with Crippen LogP contribution in [0.4, 0.5) is 4.39 Å². The van der Waals surface area contributed by atoms with Gasteiger partial charge in [-0.1, -0.05) is 17.9 Å². The summed E-state index contributed by atoms with van der Waals surface area (Å²) in [7, 11) is 1.95. The molecule has 0 aliphatic carbocycles. The molecule has 1 aromatic rings. The maximum Gasteiger partial charge on any atom is 0.138 e. The summed E-state index contributed by atoms with van der Waals surface area (Å²) < 4.78 is 13.5. The highest BCUT2D eigenvalue weighted by atomic mass is 19.1. The summed E-state index contributed by atoms with van der Waals surface area (Å²) in [5, 5.41) is 17.9. The number of nitrogens with zero attached hydrogens (tertiary/aromatic N) is 1. The quantitative estimate of drug-likeness (QED) is 0.790. The van der Waals surface area contributed by atoms with Crippen LogP contribution in [0.5, 0.6) is 0 Å². The number of hydrogen-bond donors (Lipinski definition) is 2. The Balaban J connectivity index is 2.68. The van der Waals surface area contributed by atoms with Crippen LogP contribution in [0.2, 0.25) is 0 Å². The molecule has 1 rings (SSSR count). The van der Waals surface area contributed by atoms with Crippen molar-refractivity contribution in [1.29, 1.82) is 0 Å². The van der Waals surface area contributed by atoms with Crippen LogP contribution in [0.3, 0.4) is 0 Å². The highest BCUT2D eigenvalue weighted by molar-refractivity contribution is 5.38. The lowest BCUT2D eigenvalue weighted by atomic mass is 10.1. The maximum absolute atomic E-state index is 13.5. The summed E-state index contributed by atoms with van der Waals surface area (Å²) >= 11 is 0. The van der Waals surface area contributed by atoms with Crippen molar-refractivity contribution in [1.82, 2.24) is 4.90 Å². The molecule has 3 nitrogen and oxygen atoms in total. The van der Waals surface area contributed by atoms with Crippen LogP contribution in [0.1, 0.15) is 24.5 Å². The molecule has 0 fully saturated rings. The molecule has 4 heteroatoms. The lowest BCUT2D eigenvalue weighted by molar-refractivity contribution is 0.163. The van der Waals surface area contributed by atoms with Gasteiger partial charge in [0, 0.05) is 13.1 Å². The van der Waals surface area contributed by atoms with E-state index in [2.05, 4.69) is 16.7 Å². The van der Waals surface area contributed by atoms with E-state index in [0.29, 0.717) is 18.5 Å². The Labute approximate surface area is 113 Å². The zero-order chi connectivity index (χ0) is 14.3. The van der Waals surface area contributed by atoms with E-state index < -0.39 is 0 Å². The zero-order valence-corrected chi connectivity index (χ0v) is 11.4. The van der Waals surface area contributed by atoms with E-state index in [1.165, 1.54) is 6.07 Å². The van der Waals surface area contributed by atoms with Crippen molar-refractivity contribution < 1.29 is 14.6 Å². The van der Waals surface area contributed by atoms with Crippen LogP contribution < -0.4 is 0 Å². The third kappa shape index (κ3) is 5.84. The fourth-order valence-corrected chi connectivity index (χ4v) is 1.70. The van der Waals surface area contributed by atoms with Gasteiger partial charge in [-0.2, -0.15) is 0 Å². The Kier molecular flexibility index (Phi) is 6.51. The van der Waals surface area contributed by atoms with Crippen molar-refractivity contribution in [2.75, 3.05) is 20.2 Å². The average Bonchev–Trinajstić information content (AvgIpc) is 2.37. The maximum atomic E-state index is 13.5. The van der Waals surface area contributed by atoms with E-state index in [4.69, 9.17) is 5.11 Å². The first-order chi connectivity index (χ1) is 9.02. The normalized spacial score (nSPS) is 12.1. The van der Waals surface area contributed by atoms with E-state index in [-0.39, 0.29) is 18.5 Å². The number of benzene rings is 1. The number of hydrogen-bond acceptors (Lipinski definition) is 3. The molecule has 0 bridgehead atoms. The summed E-state index contributed by atoms with van der Waals surface area (Å²) in [5.41, 5.74) is 1.26. The first-order valence-electron chi connectivity index (χ1n) is 6.27. The van der Waals surface area contributed by atoms with E-state index >= 15 is 0 Å². The molecule has 1 aromatic carbocycles. The molecular weight excluding hydrogens is 245 g/mol. The molecule has 2 N–H and O–H groups in total. The molecule has 0 amide bonds. The minimum absolute atomic E-state index is 0.280. The number of halogens is 1. The van der Waals surface area contributed by atoms with E-state index in [0.717, 1.165) is 12.1 Å². The van der Waals surface area contributed by atoms with Crippen LogP contribution in [-0.4, -0.2) is 41.4 Å². The minimum Gasteiger partial charge on any atom is -0.393 e. The van der Waals surface area contributed by atoms with Crippen LogP contribution in [0, 0.1) is 17.7 Å². The van der Waals surface area contributed by atoms with E-state index in [9.17, 15) is 9.50 Å². The summed E-state index contributed by atoms with van der Waals surface area (Å²) in [5.74, 6) is 4.66. The summed E-state index contributed by atoms with van der Waals surface area (Å²) in [4.78, 5) is 2.06. The summed E-state index contributed by atoms with van der Waals surface area (Å²) in [6, 6.07) is 4.80. The second kappa shape index (κ2) is 7.90. The van der Waals surface area contributed by atoms with Crippen molar-refractivity contribution in [3.63, 3.8) is 0 Å². The molecular formula is C15H20FNO2. The van der Waals surface area contributed by atoms with Crippen LogP contribution >= 0.6 is 0 Å². The lowest BCUT2D eigenvalue weighted by Gasteiger charge is -2.17. The third-order valence-electron chi connectivity index (χ3n) is 2.71. The average molecular weight is 265 g/mol.